The predicted molar refractivity (Wildman–Crippen MR) is 110 cm³/mol. The summed E-state index contributed by atoms with van der Waals surface area (Å²) in [6.07, 6.45) is 3.70. The second-order valence-corrected chi connectivity index (χ2v) is 6.64. The van der Waals surface area contributed by atoms with E-state index in [2.05, 4.69) is 10.6 Å². The molecule has 0 aliphatic carbocycles. The summed E-state index contributed by atoms with van der Waals surface area (Å²) < 4.78 is 0. The van der Waals surface area contributed by atoms with E-state index in [0.29, 0.717) is 18.8 Å². The topological polar surface area (TPSA) is 105 Å². The predicted octanol–water partition coefficient (Wildman–Crippen LogP) is 3.09. The minimum absolute atomic E-state index is 0.0125. The highest BCUT2D eigenvalue weighted by Crippen LogP contribution is 2.32. The summed E-state index contributed by atoms with van der Waals surface area (Å²) in [5.74, 6) is -0.331. The van der Waals surface area contributed by atoms with Gasteiger partial charge in [-0.15, -0.1) is 0 Å². The number of fused-ring (bicyclic) bond motifs is 1. The number of nitro groups is 1. The van der Waals surface area contributed by atoms with E-state index in [1.165, 1.54) is 13.0 Å². The molecule has 29 heavy (non-hydrogen) atoms. The third-order valence-corrected chi connectivity index (χ3v) is 4.71. The van der Waals surface area contributed by atoms with Crippen LogP contribution in [0.1, 0.15) is 30.5 Å². The van der Waals surface area contributed by atoms with E-state index < -0.39 is 4.92 Å². The van der Waals surface area contributed by atoms with Gasteiger partial charge in [-0.25, -0.2) is 0 Å². The van der Waals surface area contributed by atoms with Crippen molar-refractivity contribution in [2.24, 2.45) is 0 Å². The standard InChI is InChI=1S/C21H22N4O4/c1-15(26)24-13-10-16-6-2-3-7-17(16)20(24)14-21(27)23-12-11-22-18-8-4-5-9-19(18)25(28)29/h2-10,13,20,22H,11-12,14H2,1H3,(H,23,27)/t20-/m1/s1. The van der Waals surface area contributed by atoms with E-state index >= 15 is 0 Å². The highest BCUT2D eigenvalue weighted by Gasteiger charge is 2.28. The summed E-state index contributed by atoms with van der Waals surface area (Å²) >= 11 is 0. The molecule has 2 amide bonds. The van der Waals surface area contributed by atoms with Crippen molar-refractivity contribution in [1.82, 2.24) is 10.2 Å². The van der Waals surface area contributed by atoms with Gasteiger partial charge in [0.2, 0.25) is 11.8 Å². The van der Waals surface area contributed by atoms with Crippen molar-refractivity contribution in [2.45, 2.75) is 19.4 Å². The number of amides is 2. The molecule has 0 saturated carbocycles. The SMILES string of the molecule is CC(=O)N1C=Cc2ccccc2[C@H]1CC(=O)NCCNc1ccccc1[N+](=O)[O-]. The van der Waals surface area contributed by atoms with Crippen LogP contribution in [-0.2, 0) is 9.59 Å². The molecule has 2 aromatic rings. The van der Waals surface area contributed by atoms with Crippen molar-refractivity contribution >= 4 is 29.3 Å². The van der Waals surface area contributed by atoms with Crippen molar-refractivity contribution < 1.29 is 14.5 Å². The maximum atomic E-state index is 12.5. The number of carbonyl (C=O) groups is 2. The third kappa shape index (κ3) is 4.78. The van der Waals surface area contributed by atoms with Gasteiger partial charge >= 0.3 is 0 Å². The van der Waals surface area contributed by atoms with Crippen LogP contribution in [0.5, 0.6) is 0 Å². The largest absolute Gasteiger partial charge is 0.378 e. The molecule has 0 aromatic heterocycles. The summed E-state index contributed by atoms with van der Waals surface area (Å²) in [7, 11) is 0. The lowest BCUT2D eigenvalue weighted by molar-refractivity contribution is -0.384. The maximum Gasteiger partial charge on any atom is 0.292 e. The van der Waals surface area contributed by atoms with Crippen molar-refractivity contribution in [3.8, 4) is 0 Å². The van der Waals surface area contributed by atoms with Crippen LogP contribution in [0.2, 0.25) is 0 Å². The average molecular weight is 394 g/mol. The first-order valence-corrected chi connectivity index (χ1v) is 9.27. The van der Waals surface area contributed by atoms with Gasteiger partial charge in [0.15, 0.2) is 0 Å². The first-order valence-electron chi connectivity index (χ1n) is 9.27. The number of hydrogen-bond donors (Lipinski definition) is 2. The van der Waals surface area contributed by atoms with E-state index in [9.17, 15) is 19.7 Å². The van der Waals surface area contributed by atoms with Crippen LogP contribution in [-0.4, -0.2) is 34.7 Å². The van der Waals surface area contributed by atoms with Crippen LogP contribution in [0.15, 0.2) is 54.7 Å². The molecule has 0 saturated heterocycles. The van der Waals surface area contributed by atoms with Gasteiger partial charge < -0.3 is 15.5 Å². The Balaban J connectivity index is 1.57. The van der Waals surface area contributed by atoms with Gasteiger partial charge in [0.25, 0.3) is 5.69 Å². The number of hydrogen-bond acceptors (Lipinski definition) is 5. The number of anilines is 1. The number of nitrogens with one attached hydrogen (secondary N) is 2. The molecule has 1 aliphatic rings. The Morgan fingerprint density at radius 1 is 1.10 bits per heavy atom. The smallest absolute Gasteiger partial charge is 0.292 e. The molecule has 0 spiro atoms. The van der Waals surface area contributed by atoms with Gasteiger partial charge in [0.1, 0.15) is 5.69 Å². The molecule has 0 fully saturated rings. The summed E-state index contributed by atoms with van der Waals surface area (Å²) in [5, 5.41) is 16.8. The number of rotatable bonds is 7. The fraction of sp³-hybridized carbons (Fsp3) is 0.238. The number of carbonyl (C=O) groups excluding carboxylic acids is 2. The zero-order chi connectivity index (χ0) is 20.8. The first kappa shape index (κ1) is 20.1. The Labute approximate surface area is 168 Å². The van der Waals surface area contributed by atoms with Crippen molar-refractivity contribution in [2.75, 3.05) is 18.4 Å². The number of benzene rings is 2. The van der Waals surface area contributed by atoms with E-state index in [4.69, 9.17) is 0 Å². The third-order valence-electron chi connectivity index (χ3n) is 4.71. The lowest BCUT2D eigenvalue weighted by Gasteiger charge is -2.32. The summed E-state index contributed by atoms with van der Waals surface area (Å²) in [6, 6.07) is 13.7. The Hall–Kier alpha value is -3.68. The van der Waals surface area contributed by atoms with Crippen LogP contribution in [0.4, 0.5) is 11.4 Å². The second-order valence-electron chi connectivity index (χ2n) is 6.64. The Bertz CT molecular complexity index is 957. The van der Waals surface area contributed by atoms with E-state index in [1.807, 2.05) is 30.3 Å². The van der Waals surface area contributed by atoms with Crippen molar-refractivity contribution in [3.05, 3.63) is 76.0 Å². The monoisotopic (exact) mass is 394 g/mol. The molecule has 2 N–H and O–H groups in total. The minimum atomic E-state index is -0.453. The molecule has 2 aromatic carbocycles. The fourth-order valence-corrected chi connectivity index (χ4v) is 3.34. The fourth-order valence-electron chi connectivity index (χ4n) is 3.34. The summed E-state index contributed by atoms with van der Waals surface area (Å²) in [6.45, 7) is 2.11. The van der Waals surface area contributed by atoms with Gasteiger partial charge in [0.05, 0.1) is 17.4 Å². The Morgan fingerprint density at radius 2 is 1.83 bits per heavy atom. The number of nitro benzene ring substituents is 1. The first-order chi connectivity index (χ1) is 14.0. The van der Waals surface area contributed by atoms with E-state index in [1.54, 1.807) is 29.3 Å². The van der Waals surface area contributed by atoms with Gasteiger partial charge in [-0.2, -0.15) is 0 Å². The average Bonchev–Trinajstić information content (AvgIpc) is 2.71. The Kier molecular flexibility index (Phi) is 6.23. The van der Waals surface area contributed by atoms with Gasteiger partial charge in [-0.3, -0.25) is 19.7 Å². The van der Waals surface area contributed by atoms with Crippen LogP contribution in [0.3, 0.4) is 0 Å². The lowest BCUT2D eigenvalue weighted by Crippen LogP contribution is -2.36. The molecule has 0 bridgehead atoms. The number of para-hydroxylation sites is 2. The van der Waals surface area contributed by atoms with E-state index in [0.717, 1.165) is 11.1 Å². The molecule has 0 radical (unpaired) electrons. The molecule has 0 unspecified atom stereocenters. The van der Waals surface area contributed by atoms with E-state index in [-0.39, 0.29) is 30.0 Å². The molecular weight excluding hydrogens is 372 g/mol. The zero-order valence-electron chi connectivity index (χ0n) is 16.0. The molecule has 3 rings (SSSR count). The van der Waals surface area contributed by atoms with Crippen LogP contribution in [0.25, 0.3) is 6.08 Å². The molecule has 1 aliphatic heterocycles. The van der Waals surface area contributed by atoms with Crippen LogP contribution < -0.4 is 10.6 Å². The van der Waals surface area contributed by atoms with Gasteiger partial charge in [0, 0.05) is 32.3 Å². The van der Waals surface area contributed by atoms with Gasteiger partial charge in [-0.05, 0) is 23.3 Å². The number of nitrogens with zero attached hydrogens (tertiary/aromatic N) is 2. The summed E-state index contributed by atoms with van der Waals surface area (Å²) in [4.78, 5) is 36.6. The molecular formula is C21H22N4O4. The summed E-state index contributed by atoms with van der Waals surface area (Å²) in [5.41, 5.74) is 2.31. The molecule has 8 nitrogen and oxygen atoms in total. The quantitative estimate of drug-likeness (QED) is 0.427. The molecule has 8 heteroatoms. The van der Waals surface area contributed by atoms with Gasteiger partial charge in [-0.1, -0.05) is 36.4 Å². The second kappa shape index (κ2) is 9.01. The lowest BCUT2D eigenvalue weighted by atomic mass is 9.93. The zero-order valence-corrected chi connectivity index (χ0v) is 16.0. The molecule has 150 valence electrons. The van der Waals surface area contributed by atoms with Crippen molar-refractivity contribution in [1.29, 1.82) is 0 Å². The highest BCUT2D eigenvalue weighted by molar-refractivity contribution is 5.81. The maximum absolute atomic E-state index is 12.5. The van der Waals surface area contributed by atoms with Crippen molar-refractivity contribution in [3.63, 3.8) is 0 Å². The highest BCUT2D eigenvalue weighted by atomic mass is 16.6. The van der Waals surface area contributed by atoms with Crippen LogP contribution >= 0.6 is 0 Å². The Morgan fingerprint density at radius 3 is 2.59 bits per heavy atom. The molecule has 1 heterocycles. The normalized spacial score (nSPS) is 14.8. The minimum Gasteiger partial charge on any atom is -0.378 e. The molecule has 1 atom stereocenters. The van der Waals surface area contributed by atoms with Crippen LogP contribution in [0, 0.1) is 10.1 Å².